The Hall–Kier alpha value is -2.21. The number of carbonyl (C=O) groups excluding carboxylic acids is 3. The van der Waals surface area contributed by atoms with Crippen molar-refractivity contribution in [3.8, 4) is 0 Å². The number of rotatable bonds is 8. The van der Waals surface area contributed by atoms with Crippen LogP contribution in [0.2, 0.25) is 0 Å². The summed E-state index contributed by atoms with van der Waals surface area (Å²) in [5, 5.41) is 5.53. The highest BCUT2D eigenvalue weighted by molar-refractivity contribution is 5.97. The number of ether oxygens (including phenoxy) is 1. The number of carbonyl (C=O) groups is 3. The van der Waals surface area contributed by atoms with Gasteiger partial charge in [-0.25, -0.2) is 0 Å². The van der Waals surface area contributed by atoms with Gasteiger partial charge in [0.25, 0.3) is 0 Å². The summed E-state index contributed by atoms with van der Waals surface area (Å²) in [6.07, 6.45) is 0.223. The summed E-state index contributed by atoms with van der Waals surface area (Å²) >= 11 is 0. The molecule has 0 aliphatic carbocycles. The highest BCUT2D eigenvalue weighted by Crippen LogP contribution is 2.10. The largest absolute Gasteiger partial charge is 0.466 e. The zero-order valence-corrected chi connectivity index (χ0v) is 12.3. The van der Waals surface area contributed by atoms with E-state index in [4.69, 9.17) is 4.74 Å². The number of anilines is 1. The van der Waals surface area contributed by atoms with Gasteiger partial charge in [0.1, 0.15) is 0 Å². The molecule has 0 fully saturated rings. The molecule has 21 heavy (non-hydrogen) atoms. The molecule has 114 valence electrons. The summed E-state index contributed by atoms with van der Waals surface area (Å²) in [7, 11) is 0. The van der Waals surface area contributed by atoms with Crippen molar-refractivity contribution in [2.24, 2.45) is 0 Å². The summed E-state index contributed by atoms with van der Waals surface area (Å²) in [4.78, 5) is 34.0. The maximum Gasteiger partial charge on any atom is 0.307 e. The lowest BCUT2D eigenvalue weighted by Gasteiger charge is -2.07. The second-order valence-electron chi connectivity index (χ2n) is 4.42. The van der Waals surface area contributed by atoms with Crippen molar-refractivity contribution in [3.63, 3.8) is 0 Å². The lowest BCUT2D eigenvalue weighted by molar-refractivity contribution is -0.143. The van der Waals surface area contributed by atoms with E-state index in [2.05, 4.69) is 10.6 Å². The van der Waals surface area contributed by atoms with Gasteiger partial charge in [-0.15, -0.1) is 0 Å². The molecule has 1 rings (SSSR count). The van der Waals surface area contributed by atoms with Crippen LogP contribution in [0.5, 0.6) is 0 Å². The molecule has 0 unspecified atom stereocenters. The molecule has 1 aromatic carbocycles. The maximum atomic E-state index is 11.7. The molecule has 0 spiro atoms. The average molecular weight is 292 g/mol. The van der Waals surface area contributed by atoms with Crippen molar-refractivity contribution in [1.82, 2.24) is 5.32 Å². The fraction of sp³-hybridized carbons (Fsp3) is 0.400. The quantitative estimate of drug-likeness (QED) is 0.429. The smallest absolute Gasteiger partial charge is 0.307 e. The van der Waals surface area contributed by atoms with E-state index in [1.165, 1.54) is 6.92 Å². The summed E-state index contributed by atoms with van der Waals surface area (Å²) in [6.45, 7) is 4.03. The molecule has 1 amide bonds. The lowest BCUT2D eigenvalue weighted by atomic mass is 10.1. The Morgan fingerprint density at radius 2 is 2.00 bits per heavy atom. The van der Waals surface area contributed by atoms with E-state index in [0.717, 1.165) is 0 Å². The average Bonchev–Trinajstić information content (AvgIpc) is 2.44. The summed E-state index contributed by atoms with van der Waals surface area (Å²) in [5.74, 6) is -0.585. The van der Waals surface area contributed by atoms with E-state index in [1.807, 2.05) is 0 Å². The molecule has 0 bridgehead atoms. The molecule has 1 aromatic rings. The molecule has 0 radical (unpaired) electrons. The molecular weight excluding hydrogens is 272 g/mol. The van der Waals surface area contributed by atoms with Gasteiger partial charge < -0.3 is 15.4 Å². The van der Waals surface area contributed by atoms with Gasteiger partial charge in [-0.3, -0.25) is 14.4 Å². The SMILES string of the molecule is CCOC(=O)CCNCC(=O)Nc1cccc(C(C)=O)c1. The van der Waals surface area contributed by atoms with E-state index >= 15 is 0 Å². The lowest BCUT2D eigenvalue weighted by Crippen LogP contribution is -2.30. The first-order chi connectivity index (χ1) is 10.0. The number of hydrogen-bond donors (Lipinski definition) is 2. The van der Waals surface area contributed by atoms with Crippen LogP contribution < -0.4 is 10.6 Å². The van der Waals surface area contributed by atoms with Crippen LogP contribution in [0.25, 0.3) is 0 Å². The Bertz CT molecular complexity index is 514. The Morgan fingerprint density at radius 3 is 2.67 bits per heavy atom. The fourth-order valence-corrected chi connectivity index (χ4v) is 1.65. The number of amides is 1. The van der Waals surface area contributed by atoms with Crippen LogP contribution in [0.3, 0.4) is 0 Å². The predicted molar refractivity (Wildman–Crippen MR) is 79.2 cm³/mol. The molecule has 0 saturated heterocycles. The van der Waals surface area contributed by atoms with Gasteiger partial charge in [0.15, 0.2) is 5.78 Å². The third kappa shape index (κ3) is 6.67. The van der Waals surface area contributed by atoms with Crippen molar-refractivity contribution in [1.29, 1.82) is 0 Å². The number of hydrogen-bond acceptors (Lipinski definition) is 5. The van der Waals surface area contributed by atoms with Gasteiger partial charge in [0.2, 0.25) is 5.91 Å². The van der Waals surface area contributed by atoms with Crippen LogP contribution in [0.1, 0.15) is 30.6 Å². The highest BCUT2D eigenvalue weighted by Gasteiger charge is 2.05. The Balaban J connectivity index is 2.32. The molecule has 0 aliphatic heterocycles. The van der Waals surface area contributed by atoms with Gasteiger partial charge in [0, 0.05) is 17.8 Å². The summed E-state index contributed by atoms with van der Waals surface area (Å²) in [5.41, 5.74) is 1.11. The van der Waals surface area contributed by atoms with Gasteiger partial charge in [-0.1, -0.05) is 12.1 Å². The normalized spacial score (nSPS) is 10.0. The Morgan fingerprint density at radius 1 is 1.24 bits per heavy atom. The fourth-order valence-electron chi connectivity index (χ4n) is 1.65. The summed E-state index contributed by atoms with van der Waals surface area (Å²) < 4.78 is 4.77. The van der Waals surface area contributed by atoms with Gasteiger partial charge in [-0.05, 0) is 26.0 Å². The van der Waals surface area contributed by atoms with Crippen LogP contribution >= 0.6 is 0 Å². The predicted octanol–water partition coefficient (Wildman–Crippen LogP) is 1.37. The number of ketones is 1. The van der Waals surface area contributed by atoms with E-state index in [0.29, 0.717) is 24.4 Å². The second-order valence-corrected chi connectivity index (χ2v) is 4.42. The first-order valence-corrected chi connectivity index (χ1v) is 6.80. The van der Waals surface area contributed by atoms with Crippen molar-refractivity contribution in [2.75, 3.05) is 25.0 Å². The first kappa shape index (κ1) is 16.8. The van der Waals surface area contributed by atoms with Crippen molar-refractivity contribution < 1.29 is 19.1 Å². The van der Waals surface area contributed by atoms with Crippen molar-refractivity contribution in [3.05, 3.63) is 29.8 Å². The number of esters is 1. The van der Waals surface area contributed by atoms with Crippen molar-refractivity contribution in [2.45, 2.75) is 20.3 Å². The summed E-state index contributed by atoms with van der Waals surface area (Å²) in [6, 6.07) is 6.73. The molecule has 2 N–H and O–H groups in total. The minimum atomic E-state index is -0.292. The molecule has 0 atom stereocenters. The Labute approximate surface area is 123 Å². The van der Waals surface area contributed by atoms with E-state index in [-0.39, 0.29) is 30.6 Å². The molecule has 0 aromatic heterocycles. The highest BCUT2D eigenvalue weighted by atomic mass is 16.5. The topological polar surface area (TPSA) is 84.5 Å². The minimum Gasteiger partial charge on any atom is -0.466 e. The van der Waals surface area contributed by atoms with Gasteiger partial charge >= 0.3 is 5.97 Å². The van der Waals surface area contributed by atoms with E-state index in [9.17, 15) is 14.4 Å². The molecule has 6 heteroatoms. The standard InChI is InChI=1S/C15H20N2O4/c1-3-21-15(20)7-8-16-10-14(19)17-13-6-4-5-12(9-13)11(2)18/h4-6,9,16H,3,7-8,10H2,1-2H3,(H,17,19). The first-order valence-electron chi connectivity index (χ1n) is 6.80. The third-order valence-corrected chi connectivity index (χ3v) is 2.65. The molecule has 6 nitrogen and oxygen atoms in total. The zero-order valence-electron chi connectivity index (χ0n) is 12.3. The van der Waals surface area contributed by atoms with Crippen molar-refractivity contribution >= 4 is 23.3 Å². The molecular formula is C15H20N2O4. The Kier molecular flexibility index (Phi) is 7.11. The second kappa shape index (κ2) is 8.86. The molecule has 0 heterocycles. The van der Waals surface area contributed by atoms with E-state index in [1.54, 1.807) is 31.2 Å². The van der Waals surface area contributed by atoms with E-state index < -0.39 is 0 Å². The zero-order chi connectivity index (χ0) is 15.7. The number of nitrogens with one attached hydrogen (secondary N) is 2. The minimum absolute atomic E-state index is 0.0568. The van der Waals surface area contributed by atoms with Gasteiger partial charge in [-0.2, -0.15) is 0 Å². The van der Waals surface area contributed by atoms with Crippen LogP contribution in [-0.4, -0.2) is 37.4 Å². The van der Waals surface area contributed by atoms with Crippen LogP contribution in [0.15, 0.2) is 24.3 Å². The third-order valence-electron chi connectivity index (χ3n) is 2.65. The molecule has 0 saturated carbocycles. The monoisotopic (exact) mass is 292 g/mol. The van der Waals surface area contributed by atoms with Crippen LogP contribution in [-0.2, 0) is 14.3 Å². The number of Topliss-reactive ketones (excluding diaryl/α,β-unsaturated/α-hetero) is 1. The van der Waals surface area contributed by atoms with Gasteiger partial charge in [0.05, 0.1) is 19.6 Å². The van der Waals surface area contributed by atoms with Crippen LogP contribution in [0.4, 0.5) is 5.69 Å². The van der Waals surface area contributed by atoms with Crippen LogP contribution in [0, 0.1) is 0 Å². The molecule has 0 aliphatic rings. The maximum absolute atomic E-state index is 11.7. The number of benzene rings is 1.